The number of H-pyrrole nitrogens is 1. The molecule has 21 heavy (non-hydrogen) atoms. The van der Waals surface area contributed by atoms with Crippen molar-refractivity contribution >= 4 is 16.8 Å². The first kappa shape index (κ1) is 13.4. The predicted molar refractivity (Wildman–Crippen MR) is 80.1 cm³/mol. The van der Waals surface area contributed by atoms with Gasteiger partial charge in [0.2, 0.25) is 0 Å². The van der Waals surface area contributed by atoms with E-state index in [9.17, 15) is 4.79 Å². The van der Waals surface area contributed by atoms with E-state index in [1.807, 2.05) is 37.3 Å². The van der Waals surface area contributed by atoms with E-state index in [4.69, 9.17) is 4.42 Å². The Kier molecular flexibility index (Phi) is 3.73. The minimum atomic E-state index is -0.0709. The number of hydrogen-bond acceptors (Lipinski definition) is 3. The molecule has 0 saturated carbocycles. The van der Waals surface area contributed by atoms with Crippen molar-refractivity contribution in [3.05, 3.63) is 54.1 Å². The molecule has 0 saturated heterocycles. The second-order valence-electron chi connectivity index (χ2n) is 5.16. The van der Waals surface area contributed by atoms with E-state index in [-0.39, 0.29) is 11.9 Å². The smallest absolute Gasteiger partial charge is 0.251 e. The van der Waals surface area contributed by atoms with E-state index in [1.54, 1.807) is 12.5 Å². The monoisotopic (exact) mass is 283 g/mol. The van der Waals surface area contributed by atoms with Crippen LogP contribution in [0.4, 0.5) is 0 Å². The summed E-state index contributed by atoms with van der Waals surface area (Å²) >= 11 is 0. The third kappa shape index (κ3) is 3.13. The molecule has 0 radical (unpaired) electrons. The lowest BCUT2D eigenvalue weighted by molar-refractivity contribution is 0.0938. The van der Waals surface area contributed by atoms with E-state index in [0.717, 1.165) is 29.5 Å². The van der Waals surface area contributed by atoms with Gasteiger partial charge in [0, 0.05) is 23.4 Å². The maximum absolute atomic E-state index is 12.2. The number of aromatic amines is 1. The normalized spacial score (nSPS) is 12.4. The summed E-state index contributed by atoms with van der Waals surface area (Å²) in [4.78, 5) is 12.2. The van der Waals surface area contributed by atoms with Crippen LogP contribution in [0.1, 0.15) is 29.5 Å². The zero-order valence-corrected chi connectivity index (χ0v) is 11.8. The molecule has 3 rings (SSSR count). The summed E-state index contributed by atoms with van der Waals surface area (Å²) in [5.41, 5.74) is 1.50. The second-order valence-corrected chi connectivity index (χ2v) is 5.16. The second kappa shape index (κ2) is 5.83. The number of benzene rings is 1. The van der Waals surface area contributed by atoms with E-state index >= 15 is 0 Å². The van der Waals surface area contributed by atoms with Gasteiger partial charge in [0.15, 0.2) is 0 Å². The molecule has 5 nitrogen and oxygen atoms in total. The van der Waals surface area contributed by atoms with Crippen LogP contribution in [0.3, 0.4) is 0 Å². The van der Waals surface area contributed by atoms with Gasteiger partial charge >= 0.3 is 0 Å². The number of nitrogens with zero attached hydrogens (tertiary/aromatic N) is 1. The van der Waals surface area contributed by atoms with Crippen LogP contribution < -0.4 is 5.32 Å². The van der Waals surface area contributed by atoms with E-state index < -0.39 is 0 Å². The highest BCUT2D eigenvalue weighted by atomic mass is 16.3. The average molecular weight is 283 g/mol. The van der Waals surface area contributed by atoms with Crippen molar-refractivity contribution in [1.29, 1.82) is 0 Å². The minimum Gasteiger partial charge on any atom is -0.469 e. The molecule has 0 aliphatic heterocycles. The fourth-order valence-electron chi connectivity index (χ4n) is 2.27. The van der Waals surface area contributed by atoms with E-state index in [2.05, 4.69) is 15.5 Å². The standard InChI is InChI=1S/C16H17N3O2/c1-11(4-7-14-3-2-8-21-14)18-16(20)12-5-6-13-10-17-19-15(13)9-12/h2-3,5-6,8-11H,4,7H2,1H3,(H,17,19)(H,18,20). The number of carbonyl (C=O) groups excluding carboxylic acids is 1. The molecule has 1 unspecified atom stereocenters. The zero-order chi connectivity index (χ0) is 14.7. The highest BCUT2D eigenvalue weighted by Gasteiger charge is 2.11. The Morgan fingerprint density at radius 3 is 3.14 bits per heavy atom. The molecule has 1 amide bonds. The number of amides is 1. The van der Waals surface area contributed by atoms with Crippen molar-refractivity contribution in [3.63, 3.8) is 0 Å². The Bertz CT molecular complexity index is 731. The number of aromatic nitrogens is 2. The van der Waals surface area contributed by atoms with Crippen LogP contribution in [-0.2, 0) is 6.42 Å². The Morgan fingerprint density at radius 2 is 2.33 bits per heavy atom. The van der Waals surface area contributed by atoms with Crippen LogP contribution in [-0.4, -0.2) is 22.1 Å². The van der Waals surface area contributed by atoms with Crippen LogP contribution in [0.15, 0.2) is 47.2 Å². The van der Waals surface area contributed by atoms with Crippen molar-refractivity contribution < 1.29 is 9.21 Å². The van der Waals surface area contributed by atoms with Gasteiger partial charge in [-0.05, 0) is 37.6 Å². The lowest BCUT2D eigenvalue weighted by Gasteiger charge is -2.13. The minimum absolute atomic E-state index is 0.0709. The Hall–Kier alpha value is -2.56. The lowest BCUT2D eigenvalue weighted by Crippen LogP contribution is -2.32. The van der Waals surface area contributed by atoms with E-state index in [1.165, 1.54) is 0 Å². The Labute approximate surface area is 122 Å². The number of rotatable bonds is 5. The van der Waals surface area contributed by atoms with Crippen molar-refractivity contribution in [1.82, 2.24) is 15.5 Å². The van der Waals surface area contributed by atoms with Gasteiger partial charge in [0.05, 0.1) is 18.0 Å². The molecule has 2 aromatic heterocycles. The Morgan fingerprint density at radius 1 is 1.43 bits per heavy atom. The number of fused-ring (bicyclic) bond motifs is 1. The first-order valence-electron chi connectivity index (χ1n) is 6.99. The van der Waals surface area contributed by atoms with Crippen LogP contribution in [0.25, 0.3) is 10.9 Å². The van der Waals surface area contributed by atoms with Crippen LogP contribution >= 0.6 is 0 Å². The largest absolute Gasteiger partial charge is 0.469 e. The molecular formula is C16H17N3O2. The highest BCUT2D eigenvalue weighted by molar-refractivity contribution is 5.97. The molecule has 0 spiro atoms. The van der Waals surface area contributed by atoms with Gasteiger partial charge in [-0.15, -0.1) is 0 Å². The van der Waals surface area contributed by atoms with Gasteiger partial charge in [-0.25, -0.2) is 0 Å². The van der Waals surface area contributed by atoms with Crippen LogP contribution in [0.5, 0.6) is 0 Å². The third-order valence-electron chi connectivity index (χ3n) is 3.49. The molecule has 2 heterocycles. The number of nitrogens with one attached hydrogen (secondary N) is 2. The van der Waals surface area contributed by atoms with Gasteiger partial charge in [0.1, 0.15) is 5.76 Å². The van der Waals surface area contributed by atoms with Crippen molar-refractivity contribution in [2.24, 2.45) is 0 Å². The number of hydrogen-bond donors (Lipinski definition) is 2. The molecule has 108 valence electrons. The topological polar surface area (TPSA) is 70.9 Å². The number of carbonyl (C=O) groups is 1. The molecule has 0 bridgehead atoms. The molecule has 0 aliphatic rings. The van der Waals surface area contributed by atoms with Crippen molar-refractivity contribution in [2.75, 3.05) is 0 Å². The van der Waals surface area contributed by atoms with Crippen LogP contribution in [0.2, 0.25) is 0 Å². The fourth-order valence-corrected chi connectivity index (χ4v) is 2.27. The summed E-state index contributed by atoms with van der Waals surface area (Å²) in [5.74, 6) is 0.869. The average Bonchev–Trinajstić information content (AvgIpc) is 3.15. The Balaban J connectivity index is 1.59. The van der Waals surface area contributed by atoms with Gasteiger partial charge in [-0.3, -0.25) is 9.89 Å². The van der Waals surface area contributed by atoms with Gasteiger partial charge in [-0.1, -0.05) is 6.07 Å². The summed E-state index contributed by atoms with van der Waals surface area (Å²) in [6.45, 7) is 2.00. The van der Waals surface area contributed by atoms with E-state index in [0.29, 0.717) is 5.56 Å². The van der Waals surface area contributed by atoms with Gasteiger partial charge < -0.3 is 9.73 Å². The first-order valence-corrected chi connectivity index (χ1v) is 6.99. The SMILES string of the molecule is CC(CCc1ccco1)NC(=O)c1ccc2cn[nH]c2c1. The van der Waals surface area contributed by atoms with Crippen molar-refractivity contribution in [3.8, 4) is 0 Å². The first-order chi connectivity index (χ1) is 10.2. The van der Waals surface area contributed by atoms with Crippen molar-refractivity contribution in [2.45, 2.75) is 25.8 Å². The van der Waals surface area contributed by atoms with Crippen LogP contribution in [0, 0.1) is 0 Å². The molecule has 3 aromatic rings. The number of furan rings is 1. The molecule has 0 fully saturated rings. The number of aryl methyl sites for hydroxylation is 1. The lowest BCUT2D eigenvalue weighted by atomic mass is 10.1. The summed E-state index contributed by atoms with van der Waals surface area (Å²) in [6.07, 6.45) is 5.06. The maximum atomic E-state index is 12.2. The summed E-state index contributed by atoms with van der Waals surface area (Å²) < 4.78 is 5.29. The van der Waals surface area contributed by atoms with Gasteiger partial charge in [0.25, 0.3) is 5.91 Å². The summed E-state index contributed by atoms with van der Waals surface area (Å²) in [6, 6.07) is 9.42. The predicted octanol–water partition coefficient (Wildman–Crippen LogP) is 2.91. The molecule has 2 N–H and O–H groups in total. The third-order valence-corrected chi connectivity index (χ3v) is 3.49. The molecular weight excluding hydrogens is 266 g/mol. The molecule has 5 heteroatoms. The maximum Gasteiger partial charge on any atom is 0.251 e. The fraction of sp³-hybridized carbons (Fsp3) is 0.250. The summed E-state index contributed by atoms with van der Waals surface area (Å²) in [7, 11) is 0. The summed E-state index contributed by atoms with van der Waals surface area (Å²) in [5, 5.41) is 10.8. The quantitative estimate of drug-likeness (QED) is 0.756. The van der Waals surface area contributed by atoms with Gasteiger partial charge in [-0.2, -0.15) is 5.10 Å². The molecule has 0 aliphatic carbocycles. The molecule has 1 atom stereocenters. The highest BCUT2D eigenvalue weighted by Crippen LogP contribution is 2.13. The molecule has 1 aromatic carbocycles. The zero-order valence-electron chi connectivity index (χ0n) is 11.8.